The molecule has 37 heavy (non-hydrogen) atoms. The predicted molar refractivity (Wildman–Crippen MR) is 147 cm³/mol. The normalized spacial score (nSPS) is 20.2. The monoisotopic (exact) mass is 519 g/mol. The number of amides is 2. The Balaban J connectivity index is 1.46. The van der Waals surface area contributed by atoms with Crippen LogP contribution in [0.3, 0.4) is 0 Å². The molecule has 2 amide bonds. The summed E-state index contributed by atoms with van der Waals surface area (Å²) < 4.78 is 0. The van der Waals surface area contributed by atoms with Crippen molar-refractivity contribution < 1.29 is 9.59 Å². The first-order valence-electron chi connectivity index (χ1n) is 13.8. The number of hydrogen-bond donors (Lipinski definition) is 1. The third-order valence-electron chi connectivity index (χ3n) is 8.00. The van der Waals surface area contributed by atoms with Gasteiger partial charge in [-0.1, -0.05) is 74.8 Å². The standard InChI is InChI=1S/C29H37N5O2S/c1-4-18(2)26(35)32-24(21-14-9-6-10-15-21)29(36)34-17-11-16-22(34)27-33-25-23(20-12-7-5-8-13-20)30-19(3)31-28(25)37-27/h5,7-8,12-13,18,21-22,24H,4,6,9-11,14-17H2,1-3H3,(H,32,35)/t18-,22-,24+/m1/s1. The number of hydrogen-bond acceptors (Lipinski definition) is 6. The van der Waals surface area contributed by atoms with Crippen molar-refractivity contribution >= 4 is 33.5 Å². The molecule has 1 aromatic carbocycles. The average molecular weight is 520 g/mol. The SMILES string of the molecule is CC[C@@H](C)C(=O)N[C@H](C(=O)N1CCC[C@@H]1c1nc2c(-c3ccccc3)nc(C)nc2s1)C1CCCCC1. The second-order valence-electron chi connectivity index (χ2n) is 10.6. The van der Waals surface area contributed by atoms with Crippen molar-refractivity contribution in [2.24, 2.45) is 11.8 Å². The fourth-order valence-electron chi connectivity index (χ4n) is 5.68. The average Bonchev–Trinajstić information content (AvgIpc) is 3.58. The van der Waals surface area contributed by atoms with Crippen molar-refractivity contribution in [1.29, 1.82) is 0 Å². The van der Waals surface area contributed by atoms with E-state index in [9.17, 15) is 9.59 Å². The molecule has 3 heterocycles. The number of carbonyl (C=O) groups excluding carboxylic acids is 2. The van der Waals surface area contributed by atoms with E-state index in [0.29, 0.717) is 12.4 Å². The van der Waals surface area contributed by atoms with Gasteiger partial charge in [-0.2, -0.15) is 0 Å². The number of fused-ring (bicyclic) bond motifs is 1. The summed E-state index contributed by atoms with van der Waals surface area (Å²) in [6.07, 6.45) is 8.00. The Hall–Kier alpha value is -2.87. The second-order valence-corrected chi connectivity index (χ2v) is 11.6. The molecular formula is C29H37N5O2S. The molecule has 2 aliphatic rings. The van der Waals surface area contributed by atoms with E-state index in [1.54, 1.807) is 11.3 Å². The number of aromatic nitrogens is 3. The third-order valence-corrected chi connectivity index (χ3v) is 9.05. The molecule has 7 nitrogen and oxygen atoms in total. The minimum absolute atomic E-state index is 0.0135. The van der Waals surface area contributed by atoms with E-state index in [1.165, 1.54) is 6.42 Å². The van der Waals surface area contributed by atoms with E-state index in [-0.39, 0.29) is 29.7 Å². The third kappa shape index (κ3) is 5.40. The Morgan fingerprint density at radius 2 is 1.81 bits per heavy atom. The molecule has 8 heteroatoms. The fourth-order valence-corrected chi connectivity index (χ4v) is 6.81. The number of nitrogens with one attached hydrogen (secondary N) is 1. The van der Waals surface area contributed by atoms with Crippen LogP contribution in [0.1, 0.15) is 82.1 Å². The minimum atomic E-state index is -0.460. The summed E-state index contributed by atoms with van der Waals surface area (Å²) in [4.78, 5) is 44.3. The van der Waals surface area contributed by atoms with Crippen LogP contribution in [0.25, 0.3) is 21.6 Å². The molecular weight excluding hydrogens is 482 g/mol. The van der Waals surface area contributed by atoms with Crippen LogP contribution < -0.4 is 5.32 Å². The maximum Gasteiger partial charge on any atom is 0.246 e. The van der Waals surface area contributed by atoms with Gasteiger partial charge in [0.05, 0.1) is 6.04 Å². The Kier molecular flexibility index (Phi) is 7.84. The Morgan fingerprint density at radius 1 is 1.05 bits per heavy atom. The topological polar surface area (TPSA) is 88.1 Å². The molecule has 0 radical (unpaired) electrons. The van der Waals surface area contributed by atoms with Crippen LogP contribution in [0.15, 0.2) is 30.3 Å². The van der Waals surface area contributed by atoms with Gasteiger partial charge >= 0.3 is 0 Å². The summed E-state index contributed by atoms with van der Waals surface area (Å²) in [6.45, 7) is 6.55. The molecule has 1 N–H and O–H groups in total. The minimum Gasteiger partial charge on any atom is -0.344 e. The van der Waals surface area contributed by atoms with E-state index in [0.717, 1.165) is 71.6 Å². The zero-order valence-electron chi connectivity index (χ0n) is 22.1. The van der Waals surface area contributed by atoms with Crippen LogP contribution in [-0.4, -0.2) is 44.3 Å². The van der Waals surface area contributed by atoms with Crippen molar-refractivity contribution in [1.82, 2.24) is 25.2 Å². The van der Waals surface area contributed by atoms with Gasteiger partial charge in [-0.3, -0.25) is 9.59 Å². The van der Waals surface area contributed by atoms with Gasteiger partial charge in [0.1, 0.15) is 32.9 Å². The van der Waals surface area contributed by atoms with E-state index in [2.05, 4.69) is 10.3 Å². The molecule has 0 bridgehead atoms. The van der Waals surface area contributed by atoms with Gasteiger partial charge in [-0.15, -0.1) is 0 Å². The lowest BCUT2D eigenvalue weighted by atomic mass is 9.83. The van der Waals surface area contributed by atoms with Crippen molar-refractivity contribution in [3.8, 4) is 11.3 Å². The van der Waals surface area contributed by atoms with Crippen LogP contribution in [0.5, 0.6) is 0 Å². The van der Waals surface area contributed by atoms with Gasteiger partial charge in [-0.25, -0.2) is 15.0 Å². The molecule has 1 aliphatic heterocycles. The van der Waals surface area contributed by atoms with Gasteiger partial charge in [0.15, 0.2) is 0 Å². The molecule has 0 spiro atoms. The summed E-state index contributed by atoms with van der Waals surface area (Å²) in [7, 11) is 0. The van der Waals surface area contributed by atoms with Crippen molar-refractivity contribution in [2.45, 2.75) is 84.2 Å². The molecule has 196 valence electrons. The summed E-state index contributed by atoms with van der Waals surface area (Å²) in [5.41, 5.74) is 2.65. The predicted octanol–water partition coefficient (Wildman–Crippen LogP) is 5.84. The van der Waals surface area contributed by atoms with Gasteiger partial charge in [0, 0.05) is 18.0 Å². The van der Waals surface area contributed by atoms with Crippen molar-refractivity contribution in [2.75, 3.05) is 6.54 Å². The first-order chi connectivity index (χ1) is 18.0. The maximum absolute atomic E-state index is 14.1. The first-order valence-corrected chi connectivity index (χ1v) is 14.6. The van der Waals surface area contributed by atoms with E-state index < -0.39 is 6.04 Å². The summed E-state index contributed by atoms with van der Waals surface area (Å²) >= 11 is 1.56. The van der Waals surface area contributed by atoms with Gasteiger partial charge in [0.25, 0.3) is 0 Å². The first kappa shape index (κ1) is 25.8. The van der Waals surface area contributed by atoms with Crippen LogP contribution in [0, 0.1) is 18.8 Å². The molecule has 1 saturated heterocycles. The maximum atomic E-state index is 14.1. The van der Waals surface area contributed by atoms with Crippen LogP contribution in [0.2, 0.25) is 0 Å². The smallest absolute Gasteiger partial charge is 0.246 e. The number of benzene rings is 1. The van der Waals surface area contributed by atoms with E-state index >= 15 is 0 Å². The number of thiazole rings is 1. The zero-order chi connectivity index (χ0) is 25.9. The second kappa shape index (κ2) is 11.3. The summed E-state index contributed by atoms with van der Waals surface area (Å²) in [6, 6.07) is 9.53. The zero-order valence-corrected chi connectivity index (χ0v) is 22.9. The van der Waals surface area contributed by atoms with E-state index in [1.807, 2.05) is 56.0 Å². The highest BCUT2D eigenvalue weighted by molar-refractivity contribution is 7.18. The number of nitrogens with zero attached hydrogens (tertiary/aromatic N) is 4. The number of aryl methyl sites for hydroxylation is 1. The van der Waals surface area contributed by atoms with Crippen molar-refractivity contribution in [3.05, 3.63) is 41.2 Å². The molecule has 5 rings (SSSR count). The number of carbonyl (C=O) groups is 2. The molecule has 1 saturated carbocycles. The lowest BCUT2D eigenvalue weighted by molar-refractivity contribution is -0.140. The molecule has 3 atom stereocenters. The molecule has 2 fully saturated rings. The summed E-state index contributed by atoms with van der Waals surface area (Å²) in [5.74, 6) is 0.849. The van der Waals surface area contributed by atoms with Gasteiger partial charge in [-0.05, 0) is 44.9 Å². The summed E-state index contributed by atoms with van der Waals surface area (Å²) in [5, 5.41) is 4.09. The molecule has 2 aromatic heterocycles. The molecule has 0 unspecified atom stereocenters. The Labute approximate surface area is 223 Å². The molecule has 1 aliphatic carbocycles. The van der Waals surface area contributed by atoms with E-state index in [4.69, 9.17) is 9.97 Å². The van der Waals surface area contributed by atoms with Crippen LogP contribution >= 0.6 is 11.3 Å². The lowest BCUT2D eigenvalue weighted by Gasteiger charge is -2.35. The Bertz CT molecular complexity index is 1250. The van der Waals surface area contributed by atoms with Gasteiger partial charge in [0.2, 0.25) is 11.8 Å². The van der Waals surface area contributed by atoms with Crippen LogP contribution in [0.4, 0.5) is 0 Å². The fraction of sp³-hybridized carbons (Fsp3) is 0.552. The van der Waals surface area contributed by atoms with Crippen LogP contribution in [-0.2, 0) is 9.59 Å². The van der Waals surface area contributed by atoms with Crippen molar-refractivity contribution in [3.63, 3.8) is 0 Å². The van der Waals surface area contributed by atoms with Gasteiger partial charge < -0.3 is 10.2 Å². The quantitative estimate of drug-likeness (QED) is 0.424. The largest absolute Gasteiger partial charge is 0.344 e. The number of likely N-dealkylation sites (tertiary alicyclic amines) is 1. The highest BCUT2D eigenvalue weighted by Crippen LogP contribution is 2.39. The lowest BCUT2D eigenvalue weighted by Crippen LogP contribution is -2.53. The molecule has 3 aromatic rings. The Morgan fingerprint density at radius 3 is 2.54 bits per heavy atom. The highest BCUT2D eigenvalue weighted by Gasteiger charge is 2.40. The highest BCUT2D eigenvalue weighted by atomic mass is 32.1. The number of rotatable bonds is 7.